The van der Waals surface area contributed by atoms with Crippen LogP contribution in [0.1, 0.15) is 56.3 Å². The Balaban J connectivity index is 1.79. The van der Waals surface area contributed by atoms with E-state index in [9.17, 15) is 32.2 Å². The zero-order valence-electron chi connectivity index (χ0n) is 21.3. The molecule has 38 heavy (non-hydrogen) atoms. The standard InChI is InChI=1S/C25H27F6N5O2/c1-12(14-7-6-8-16(18(14)26)24(27,28)22(3,4)37)32-21-15-9-17(36-10-23(5,38)11-36)20(25(29,30)31)33-19(15)13(2)34-35-21/h6-9,12,37-38H,10-11H2,1-5H3,(H,32,35)/t12-/m1/s1. The number of aromatic nitrogens is 3. The second-order valence-electron chi connectivity index (χ2n) is 10.4. The maximum absolute atomic E-state index is 15.3. The Hall–Kier alpha value is -3.19. The number of aryl methyl sites for hydroxylation is 1. The number of rotatable bonds is 6. The van der Waals surface area contributed by atoms with Crippen LogP contribution in [0, 0.1) is 12.7 Å². The molecule has 1 fully saturated rings. The highest BCUT2D eigenvalue weighted by molar-refractivity contribution is 5.93. The van der Waals surface area contributed by atoms with Crippen LogP contribution in [-0.2, 0) is 12.1 Å². The van der Waals surface area contributed by atoms with Gasteiger partial charge in [-0.3, -0.25) is 0 Å². The van der Waals surface area contributed by atoms with Crippen molar-refractivity contribution in [3.05, 3.63) is 52.6 Å². The number of aliphatic hydroxyl groups is 2. The maximum Gasteiger partial charge on any atom is 0.435 e. The van der Waals surface area contributed by atoms with Crippen LogP contribution in [0.15, 0.2) is 24.3 Å². The predicted molar refractivity (Wildman–Crippen MR) is 129 cm³/mol. The normalized spacial score (nSPS) is 16.9. The highest BCUT2D eigenvalue weighted by Crippen LogP contribution is 2.43. The first-order chi connectivity index (χ1) is 17.3. The van der Waals surface area contributed by atoms with Gasteiger partial charge in [0.2, 0.25) is 0 Å². The number of hydrogen-bond acceptors (Lipinski definition) is 7. The molecule has 7 nitrogen and oxygen atoms in total. The lowest BCUT2D eigenvalue weighted by Crippen LogP contribution is -2.60. The van der Waals surface area contributed by atoms with Crippen molar-refractivity contribution in [3.8, 4) is 0 Å². The first-order valence-corrected chi connectivity index (χ1v) is 11.7. The van der Waals surface area contributed by atoms with E-state index < -0.39 is 46.4 Å². The SMILES string of the molecule is Cc1nnc(N[C@H](C)c2cccc(C(F)(F)C(C)(C)O)c2F)c2cc(N3CC(C)(O)C3)c(C(F)(F)F)nc12. The fourth-order valence-electron chi connectivity index (χ4n) is 4.43. The molecule has 3 heterocycles. The van der Waals surface area contributed by atoms with E-state index in [1.54, 1.807) is 0 Å². The van der Waals surface area contributed by atoms with Crippen molar-refractivity contribution in [1.29, 1.82) is 0 Å². The molecule has 0 saturated carbocycles. The highest BCUT2D eigenvalue weighted by Gasteiger charge is 2.49. The van der Waals surface area contributed by atoms with E-state index in [1.165, 1.54) is 43.9 Å². The van der Waals surface area contributed by atoms with Crippen LogP contribution < -0.4 is 10.2 Å². The van der Waals surface area contributed by atoms with Gasteiger partial charge in [0.05, 0.1) is 34.1 Å². The molecular weight excluding hydrogens is 516 g/mol. The van der Waals surface area contributed by atoms with Gasteiger partial charge in [-0.25, -0.2) is 9.37 Å². The first kappa shape index (κ1) is 27.8. The molecule has 1 aliphatic rings. The lowest BCUT2D eigenvalue weighted by molar-refractivity contribution is -0.170. The van der Waals surface area contributed by atoms with Gasteiger partial charge in [0, 0.05) is 24.0 Å². The molecule has 1 saturated heterocycles. The average molecular weight is 544 g/mol. The van der Waals surface area contributed by atoms with Gasteiger partial charge >= 0.3 is 12.1 Å². The molecule has 3 aromatic rings. The molecular formula is C25H27F6N5O2. The molecule has 3 N–H and O–H groups in total. The smallest absolute Gasteiger partial charge is 0.386 e. The monoisotopic (exact) mass is 543 g/mol. The molecule has 1 aliphatic heterocycles. The van der Waals surface area contributed by atoms with Gasteiger partial charge in [0.25, 0.3) is 0 Å². The molecule has 1 aromatic carbocycles. The van der Waals surface area contributed by atoms with E-state index in [1.807, 2.05) is 0 Å². The zero-order chi connectivity index (χ0) is 28.4. The minimum atomic E-state index is -4.79. The first-order valence-electron chi connectivity index (χ1n) is 11.7. The molecule has 1 atom stereocenters. The Kier molecular flexibility index (Phi) is 6.55. The average Bonchev–Trinajstić information content (AvgIpc) is 2.77. The number of anilines is 2. The van der Waals surface area contributed by atoms with E-state index in [0.717, 1.165) is 19.9 Å². The number of halogens is 6. The van der Waals surface area contributed by atoms with E-state index in [0.29, 0.717) is 0 Å². The predicted octanol–water partition coefficient (Wildman–Crippen LogP) is 5.10. The summed E-state index contributed by atoms with van der Waals surface area (Å²) in [7, 11) is 0. The number of hydrogen-bond donors (Lipinski definition) is 3. The van der Waals surface area contributed by atoms with Crippen LogP contribution >= 0.6 is 0 Å². The molecule has 0 spiro atoms. The molecule has 206 valence electrons. The number of nitrogens with one attached hydrogen (secondary N) is 1. The third kappa shape index (κ3) is 4.84. The van der Waals surface area contributed by atoms with E-state index in [2.05, 4.69) is 20.5 Å². The van der Waals surface area contributed by atoms with E-state index >= 15 is 4.39 Å². The molecule has 0 aliphatic carbocycles. The molecule has 0 bridgehead atoms. The van der Waals surface area contributed by atoms with Crippen LogP contribution in [0.5, 0.6) is 0 Å². The molecule has 0 amide bonds. The van der Waals surface area contributed by atoms with E-state index in [4.69, 9.17) is 0 Å². The highest BCUT2D eigenvalue weighted by atomic mass is 19.4. The summed E-state index contributed by atoms with van der Waals surface area (Å²) in [5.41, 5.74) is -6.28. The molecule has 0 radical (unpaired) electrons. The molecule has 13 heteroatoms. The number of nitrogens with zero attached hydrogens (tertiary/aromatic N) is 4. The molecule has 0 unspecified atom stereocenters. The molecule has 4 rings (SSSR count). The van der Waals surface area contributed by atoms with Crippen molar-refractivity contribution >= 4 is 22.4 Å². The van der Waals surface area contributed by atoms with Gasteiger partial charge < -0.3 is 20.4 Å². The minimum Gasteiger partial charge on any atom is -0.386 e. The topological polar surface area (TPSA) is 94.4 Å². The van der Waals surface area contributed by atoms with Gasteiger partial charge in [0.15, 0.2) is 11.5 Å². The van der Waals surface area contributed by atoms with Crippen LogP contribution in [0.25, 0.3) is 10.9 Å². The van der Waals surface area contributed by atoms with Crippen LogP contribution in [-0.4, -0.2) is 49.7 Å². The summed E-state index contributed by atoms with van der Waals surface area (Å²) in [6.45, 7) is 6.03. The van der Waals surface area contributed by atoms with Crippen LogP contribution in [0.4, 0.5) is 37.8 Å². The Labute approximate surface area is 214 Å². The van der Waals surface area contributed by atoms with Gasteiger partial charge in [-0.1, -0.05) is 12.1 Å². The number of fused-ring (bicyclic) bond motifs is 1. The van der Waals surface area contributed by atoms with Crippen molar-refractivity contribution in [1.82, 2.24) is 15.2 Å². The Morgan fingerprint density at radius 1 is 1.11 bits per heavy atom. The second-order valence-corrected chi connectivity index (χ2v) is 10.4. The van der Waals surface area contributed by atoms with Crippen molar-refractivity contribution in [2.45, 2.75) is 64.0 Å². The minimum absolute atomic E-state index is 0.0353. The van der Waals surface area contributed by atoms with Crippen molar-refractivity contribution in [3.63, 3.8) is 0 Å². The number of benzene rings is 1. The zero-order valence-corrected chi connectivity index (χ0v) is 21.3. The molecule has 2 aromatic heterocycles. The summed E-state index contributed by atoms with van der Waals surface area (Å²) >= 11 is 0. The second kappa shape index (κ2) is 8.94. The summed E-state index contributed by atoms with van der Waals surface area (Å²) in [6, 6.07) is 3.61. The van der Waals surface area contributed by atoms with Gasteiger partial charge in [-0.15, -0.1) is 5.10 Å². The fourth-order valence-corrected chi connectivity index (χ4v) is 4.43. The summed E-state index contributed by atoms with van der Waals surface area (Å²) in [6.07, 6.45) is -4.79. The van der Waals surface area contributed by atoms with Crippen molar-refractivity contribution in [2.75, 3.05) is 23.3 Å². The van der Waals surface area contributed by atoms with Crippen molar-refractivity contribution in [2.24, 2.45) is 0 Å². The number of β-amino-alcohol motifs (C(OH)–C–C–N with tert-alkyl or cyclic N) is 1. The Bertz CT molecular complexity index is 1380. The fraction of sp³-hybridized carbons (Fsp3) is 0.480. The largest absolute Gasteiger partial charge is 0.435 e. The van der Waals surface area contributed by atoms with Crippen LogP contribution in [0.3, 0.4) is 0 Å². The Morgan fingerprint density at radius 2 is 1.74 bits per heavy atom. The maximum atomic E-state index is 15.3. The third-order valence-electron chi connectivity index (χ3n) is 6.53. The van der Waals surface area contributed by atoms with Crippen molar-refractivity contribution < 1.29 is 36.6 Å². The summed E-state index contributed by atoms with van der Waals surface area (Å²) in [5.74, 6) is -5.19. The number of alkyl halides is 5. The van der Waals surface area contributed by atoms with Gasteiger partial charge in [0.1, 0.15) is 11.4 Å². The van der Waals surface area contributed by atoms with Gasteiger partial charge in [-0.2, -0.15) is 27.1 Å². The quantitative estimate of drug-likeness (QED) is 0.373. The summed E-state index contributed by atoms with van der Waals surface area (Å²) in [5, 5.41) is 30.8. The summed E-state index contributed by atoms with van der Waals surface area (Å²) in [4.78, 5) is 5.17. The Morgan fingerprint density at radius 3 is 2.29 bits per heavy atom. The van der Waals surface area contributed by atoms with Crippen LogP contribution in [0.2, 0.25) is 0 Å². The lowest BCUT2D eigenvalue weighted by Gasteiger charge is -2.46. The third-order valence-corrected chi connectivity index (χ3v) is 6.53. The number of pyridine rings is 1. The van der Waals surface area contributed by atoms with Gasteiger partial charge in [-0.05, 0) is 46.8 Å². The van der Waals surface area contributed by atoms with E-state index in [-0.39, 0.29) is 46.8 Å². The lowest BCUT2D eigenvalue weighted by atomic mass is 9.91. The summed E-state index contributed by atoms with van der Waals surface area (Å²) < 4.78 is 86.4.